The lowest BCUT2D eigenvalue weighted by Crippen LogP contribution is -1.90. The van der Waals surface area contributed by atoms with Crippen LogP contribution < -0.4 is 0 Å². The second kappa shape index (κ2) is 3.86. The summed E-state index contributed by atoms with van der Waals surface area (Å²) in [7, 11) is 0. The number of pyridine rings is 1. The maximum atomic E-state index is 4.31. The molecular formula is C11H8N4S. The van der Waals surface area contributed by atoms with E-state index in [0.717, 1.165) is 16.3 Å². The van der Waals surface area contributed by atoms with E-state index >= 15 is 0 Å². The van der Waals surface area contributed by atoms with Crippen LogP contribution >= 0.6 is 11.3 Å². The van der Waals surface area contributed by atoms with E-state index < -0.39 is 0 Å². The van der Waals surface area contributed by atoms with E-state index in [0.29, 0.717) is 0 Å². The molecule has 0 atom stereocenters. The van der Waals surface area contributed by atoms with Crippen molar-refractivity contribution in [1.82, 2.24) is 20.0 Å². The van der Waals surface area contributed by atoms with Gasteiger partial charge in [-0.15, -0.1) is 16.4 Å². The Balaban J connectivity index is 2.00. The molecule has 0 bridgehead atoms. The zero-order chi connectivity index (χ0) is 10.8. The Morgan fingerprint density at radius 1 is 1.19 bits per heavy atom. The van der Waals surface area contributed by atoms with E-state index in [1.165, 1.54) is 0 Å². The molecule has 3 aromatic heterocycles. The molecule has 0 saturated heterocycles. The van der Waals surface area contributed by atoms with Gasteiger partial charge in [-0.2, -0.15) is 0 Å². The molecule has 3 aromatic rings. The minimum Gasteiger partial charge on any atom is -0.256 e. The third kappa shape index (κ3) is 1.61. The minimum absolute atomic E-state index is 0.977. The fourth-order valence-corrected chi connectivity index (χ4v) is 2.28. The Morgan fingerprint density at radius 3 is 2.94 bits per heavy atom. The topological polar surface area (TPSA) is 43.6 Å². The molecule has 5 heteroatoms. The Kier molecular flexibility index (Phi) is 2.23. The van der Waals surface area contributed by atoms with E-state index in [4.69, 9.17) is 0 Å². The zero-order valence-electron chi connectivity index (χ0n) is 8.32. The fraction of sp³-hybridized carbons (Fsp3) is 0. The summed E-state index contributed by atoms with van der Waals surface area (Å²) in [5.41, 5.74) is 2.08. The molecule has 0 aliphatic carbocycles. The Labute approximate surface area is 96.2 Å². The summed E-state index contributed by atoms with van der Waals surface area (Å²) in [4.78, 5) is 4.31. The van der Waals surface area contributed by atoms with Crippen molar-refractivity contribution in [2.75, 3.05) is 0 Å². The lowest BCUT2D eigenvalue weighted by atomic mass is 10.2. The molecule has 0 aromatic carbocycles. The van der Waals surface area contributed by atoms with Crippen molar-refractivity contribution in [3.63, 3.8) is 0 Å². The third-order valence-electron chi connectivity index (χ3n) is 2.19. The van der Waals surface area contributed by atoms with Gasteiger partial charge in [0.2, 0.25) is 0 Å². The highest BCUT2D eigenvalue weighted by Crippen LogP contribution is 2.25. The molecule has 0 aliphatic heterocycles. The first-order valence-electron chi connectivity index (χ1n) is 4.80. The summed E-state index contributed by atoms with van der Waals surface area (Å²) >= 11 is 1.62. The van der Waals surface area contributed by atoms with Crippen molar-refractivity contribution in [1.29, 1.82) is 0 Å². The maximum Gasteiger partial charge on any atom is 0.119 e. The second-order valence-corrected chi connectivity index (χ2v) is 4.13. The minimum atomic E-state index is 0.977. The Hall–Kier alpha value is -2.01. The number of thiophene rings is 1. The molecular weight excluding hydrogens is 220 g/mol. The predicted octanol–water partition coefficient (Wildman–Crippen LogP) is 2.39. The van der Waals surface area contributed by atoms with E-state index in [1.807, 2.05) is 24.4 Å². The highest BCUT2D eigenvalue weighted by molar-refractivity contribution is 7.13. The number of rotatable bonds is 2. The first kappa shape index (κ1) is 9.23. The summed E-state index contributed by atoms with van der Waals surface area (Å²) in [6.07, 6.45) is 5.29. The molecule has 3 heterocycles. The summed E-state index contributed by atoms with van der Waals surface area (Å²) in [5.74, 6) is 0. The normalized spacial score (nSPS) is 10.5. The van der Waals surface area contributed by atoms with Crippen molar-refractivity contribution >= 4 is 11.3 Å². The smallest absolute Gasteiger partial charge is 0.119 e. The van der Waals surface area contributed by atoms with Crippen molar-refractivity contribution in [3.05, 3.63) is 48.2 Å². The zero-order valence-corrected chi connectivity index (χ0v) is 9.13. The average Bonchev–Trinajstić information content (AvgIpc) is 3.01. The molecule has 0 aliphatic rings. The average molecular weight is 228 g/mol. The number of nitrogens with zero attached hydrogens (tertiary/aromatic N) is 4. The molecule has 0 radical (unpaired) electrons. The van der Waals surface area contributed by atoms with Gasteiger partial charge in [-0.1, -0.05) is 11.3 Å². The van der Waals surface area contributed by atoms with Crippen LogP contribution in [0.4, 0.5) is 0 Å². The molecule has 0 amide bonds. The van der Waals surface area contributed by atoms with Gasteiger partial charge in [0.15, 0.2) is 0 Å². The molecule has 16 heavy (non-hydrogen) atoms. The highest BCUT2D eigenvalue weighted by Gasteiger charge is 2.04. The standard InChI is InChI=1S/C11H8N4S/c1-2-4-12-10(3-1)9-7-11(16-8-9)15-6-5-13-14-15/h1-8H. The number of aromatic nitrogens is 4. The van der Waals surface area contributed by atoms with Crippen molar-refractivity contribution in [2.45, 2.75) is 0 Å². The summed E-state index contributed by atoms with van der Waals surface area (Å²) in [6.45, 7) is 0. The van der Waals surface area contributed by atoms with Gasteiger partial charge in [-0.3, -0.25) is 4.98 Å². The van der Waals surface area contributed by atoms with Crippen LogP contribution in [0.3, 0.4) is 0 Å². The third-order valence-corrected chi connectivity index (χ3v) is 3.11. The van der Waals surface area contributed by atoms with Gasteiger partial charge >= 0.3 is 0 Å². The van der Waals surface area contributed by atoms with Gasteiger partial charge in [-0.05, 0) is 18.2 Å². The van der Waals surface area contributed by atoms with Crippen LogP contribution in [0.5, 0.6) is 0 Å². The molecule has 78 valence electrons. The number of hydrogen-bond acceptors (Lipinski definition) is 4. The van der Waals surface area contributed by atoms with Crippen LogP contribution in [0.15, 0.2) is 48.2 Å². The van der Waals surface area contributed by atoms with Crippen LogP contribution in [0.25, 0.3) is 16.3 Å². The summed E-state index contributed by atoms with van der Waals surface area (Å²) in [5, 5.41) is 10.8. The molecule has 0 unspecified atom stereocenters. The molecule has 0 saturated carbocycles. The van der Waals surface area contributed by atoms with Crippen LogP contribution in [0.1, 0.15) is 0 Å². The molecule has 0 fully saturated rings. The lowest BCUT2D eigenvalue weighted by Gasteiger charge is -1.94. The van der Waals surface area contributed by atoms with Crippen LogP contribution in [0.2, 0.25) is 0 Å². The fourth-order valence-electron chi connectivity index (χ4n) is 1.44. The monoisotopic (exact) mass is 228 g/mol. The second-order valence-electron chi connectivity index (χ2n) is 3.24. The molecule has 3 rings (SSSR count). The Bertz CT molecular complexity index is 571. The molecule has 0 N–H and O–H groups in total. The van der Waals surface area contributed by atoms with Gasteiger partial charge in [0, 0.05) is 17.1 Å². The summed E-state index contributed by atoms with van der Waals surface area (Å²) < 4.78 is 1.75. The van der Waals surface area contributed by atoms with E-state index in [2.05, 4.69) is 26.7 Å². The largest absolute Gasteiger partial charge is 0.256 e. The highest BCUT2D eigenvalue weighted by atomic mass is 32.1. The summed E-state index contributed by atoms with van der Waals surface area (Å²) in [6, 6.07) is 7.94. The van der Waals surface area contributed by atoms with E-state index in [9.17, 15) is 0 Å². The van der Waals surface area contributed by atoms with E-state index in [1.54, 1.807) is 28.4 Å². The van der Waals surface area contributed by atoms with Crippen LogP contribution in [0, 0.1) is 0 Å². The van der Waals surface area contributed by atoms with Gasteiger partial charge in [-0.25, -0.2) is 4.68 Å². The SMILES string of the molecule is c1ccc(-c2csc(-n3ccnn3)c2)nc1. The van der Waals surface area contributed by atoms with Crippen LogP contribution in [-0.4, -0.2) is 20.0 Å². The van der Waals surface area contributed by atoms with E-state index in [-0.39, 0.29) is 0 Å². The van der Waals surface area contributed by atoms with Crippen molar-refractivity contribution < 1.29 is 0 Å². The van der Waals surface area contributed by atoms with Gasteiger partial charge in [0.1, 0.15) is 5.00 Å². The quantitative estimate of drug-likeness (QED) is 0.676. The van der Waals surface area contributed by atoms with Gasteiger partial charge in [0.05, 0.1) is 18.1 Å². The van der Waals surface area contributed by atoms with Crippen molar-refractivity contribution in [2.24, 2.45) is 0 Å². The maximum absolute atomic E-state index is 4.31. The first-order chi connectivity index (χ1) is 7.93. The van der Waals surface area contributed by atoms with Crippen molar-refractivity contribution in [3.8, 4) is 16.3 Å². The molecule has 4 nitrogen and oxygen atoms in total. The Morgan fingerprint density at radius 2 is 2.19 bits per heavy atom. The lowest BCUT2D eigenvalue weighted by molar-refractivity contribution is 0.815. The first-order valence-corrected chi connectivity index (χ1v) is 5.68. The number of hydrogen-bond donors (Lipinski definition) is 0. The predicted molar refractivity (Wildman–Crippen MR) is 62.5 cm³/mol. The van der Waals surface area contributed by atoms with Crippen LogP contribution in [-0.2, 0) is 0 Å². The van der Waals surface area contributed by atoms with Gasteiger partial charge in [0.25, 0.3) is 0 Å². The molecule has 0 spiro atoms. The van der Waals surface area contributed by atoms with Gasteiger partial charge < -0.3 is 0 Å².